The van der Waals surface area contributed by atoms with E-state index in [4.69, 9.17) is 10.5 Å². The van der Waals surface area contributed by atoms with Crippen molar-refractivity contribution in [2.24, 2.45) is 5.73 Å². The molecule has 0 aliphatic heterocycles. The summed E-state index contributed by atoms with van der Waals surface area (Å²) in [5.41, 5.74) is 6.09. The molecule has 2 rings (SSSR count). The van der Waals surface area contributed by atoms with Crippen molar-refractivity contribution < 1.29 is 9.53 Å². The van der Waals surface area contributed by atoms with E-state index < -0.39 is 0 Å². The first kappa shape index (κ1) is 14.1. The van der Waals surface area contributed by atoms with Crippen molar-refractivity contribution in [1.29, 1.82) is 0 Å². The van der Waals surface area contributed by atoms with Crippen molar-refractivity contribution in [3.05, 3.63) is 42.7 Å². The molecule has 106 valence electrons. The Morgan fingerprint density at radius 2 is 2.30 bits per heavy atom. The summed E-state index contributed by atoms with van der Waals surface area (Å²) in [5, 5.41) is 6.88. The summed E-state index contributed by atoms with van der Waals surface area (Å²) in [6.45, 7) is 1.47. The summed E-state index contributed by atoms with van der Waals surface area (Å²) in [6.07, 6.45) is 3.89. The Kier molecular flexibility index (Phi) is 5.14. The van der Waals surface area contributed by atoms with Crippen molar-refractivity contribution in [2.75, 3.05) is 18.5 Å². The molecule has 0 fully saturated rings. The highest BCUT2D eigenvalue weighted by Crippen LogP contribution is 2.17. The lowest BCUT2D eigenvalue weighted by molar-refractivity contribution is -0.116. The number of nitrogens with one attached hydrogen (secondary N) is 1. The Bertz CT molecular complexity index is 540. The van der Waals surface area contributed by atoms with Gasteiger partial charge in [0, 0.05) is 43.7 Å². The fourth-order valence-electron chi connectivity index (χ4n) is 1.71. The average molecular weight is 274 g/mol. The molecule has 0 saturated heterocycles. The molecule has 0 bridgehead atoms. The van der Waals surface area contributed by atoms with Gasteiger partial charge >= 0.3 is 0 Å². The van der Waals surface area contributed by atoms with Gasteiger partial charge in [0.2, 0.25) is 5.91 Å². The van der Waals surface area contributed by atoms with Gasteiger partial charge in [-0.2, -0.15) is 5.10 Å². The summed E-state index contributed by atoms with van der Waals surface area (Å²) in [6, 6.07) is 9.09. The first-order valence-corrected chi connectivity index (χ1v) is 6.48. The van der Waals surface area contributed by atoms with E-state index in [1.165, 1.54) is 0 Å². The molecule has 0 unspecified atom stereocenters. The van der Waals surface area contributed by atoms with Gasteiger partial charge < -0.3 is 15.8 Å². The summed E-state index contributed by atoms with van der Waals surface area (Å²) >= 11 is 0. The van der Waals surface area contributed by atoms with Crippen LogP contribution in [-0.2, 0) is 11.3 Å². The van der Waals surface area contributed by atoms with E-state index in [-0.39, 0.29) is 5.91 Å². The van der Waals surface area contributed by atoms with Crippen molar-refractivity contribution in [3.63, 3.8) is 0 Å². The quantitative estimate of drug-likeness (QED) is 0.796. The predicted molar refractivity (Wildman–Crippen MR) is 76.5 cm³/mol. The van der Waals surface area contributed by atoms with Crippen LogP contribution in [0.5, 0.6) is 5.75 Å². The number of nitrogens with two attached hydrogens (primary N) is 1. The number of carbonyl (C=O) groups excluding carboxylic acids is 1. The van der Waals surface area contributed by atoms with Crippen molar-refractivity contribution in [3.8, 4) is 5.75 Å². The van der Waals surface area contributed by atoms with E-state index in [1.807, 2.05) is 30.5 Å². The zero-order valence-corrected chi connectivity index (χ0v) is 11.2. The van der Waals surface area contributed by atoms with Crippen LogP contribution >= 0.6 is 0 Å². The maximum Gasteiger partial charge on any atom is 0.226 e. The highest BCUT2D eigenvalue weighted by Gasteiger charge is 2.04. The zero-order chi connectivity index (χ0) is 14.2. The van der Waals surface area contributed by atoms with Crippen LogP contribution in [-0.4, -0.2) is 28.8 Å². The van der Waals surface area contributed by atoms with Crippen LogP contribution in [0.1, 0.15) is 6.42 Å². The molecular formula is C14H18N4O2. The summed E-state index contributed by atoms with van der Waals surface area (Å²) in [7, 11) is 0. The minimum Gasteiger partial charge on any atom is -0.492 e. The van der Waals surface area contributed by atoms with Crippen LogP contribution in [0.4, 0.5) is 5.69 Å². The van der Waals surface area contributed by atoms with Gasteiger partial charge in [-0.1, -0.05) is 6.07 Å². The Hall–Kier alpha value is -2.34. The maximum absolute atomic E-state index is 11.8. The van der Waals surface area contributed by atoms with Gasteiger partial charge in [-0.05, 0) is 18.2 Å². The summed E-state index contributed by atoms with van der Waals surface area (Å²) in [4.78, 5) is 11.8. The monoisotopic (exact) mass is 274 g/mol. The Labute approximate surface area is 117 Å². The number of amides is 1. The van der Waals surface area contributed by atoms with E-state index in [9.17, 15) is 4.79 Å². The van der Waals surface area contributed by atoms with Crippen LogP contribution in [0.2, 0.25) is 0 Å². The first-order valence-electron chi connectivity index (χ1n) is 6.48. The van der Waals surface area contributed by atoms with Gasteiger partial charge in [0.05, 0.1) is 0 Å². The second kappa shape index (κ2) is 7.30. The standard InChI is InChI=1S/C14H18N4O2/c15-6-10-20-13-4-1-3-12(11-13)17-14(19)5-9-18-8-2-7-16-18/h1-4,7-8,11H,5-6,9-10,15H2,(H,17,19). The molecule has 1 amide bonds. The molecule has 6 heteroatoms. The highest BCUT2D eigenvalue weighted by molar-refractivity contribution is 5.90. The van der Waals surface area contributed by atoms with Crippen LogP contribution in [0.25, 0.3) is 0 Å². The average Bonchev–Trinajstić information content (AvgIpc) is 2.97. The predicted octanol–water partition coefficient (Wildman–Crippen LogP) is 1.25. The minimum atomic E-state index is -0.0588. The van der Waals surface area contributed by atoms with Crippen molar-refractivity contribution >= 4 is 11.6 Å². The van der Waals surface area contributed by atoms with Gasteiger partial charge in [-0.3, -0.25) is 9.48 Å². The third-order valence-electron chi connectivity index (χ3n) is 2.63. The second-order valence-electron chi connectivity index (χ2n) is 4.23. The zero-order valence-electron chi connectivity index (χ0n) is 11.2. The van der Waals surface area contributed by atoms with Crippen molar-refractivity contribution in [1.82, 2.24) is 9.78 Å². The molecule has 0 aliphatic carbocycles. The molecule has 6 nitrogen and oxygen atoms in total. The van der Waals surface area contributed by atoms with Crippen LogP contribution in [0, 0.1) is 0 Å². The van der Waals surface area contributed by atoms with E-state index in [1.54, 1.807) is 16.9 Å². The molecule has 1 heterocycles. The lowest BCUT2D eigenvalue weighted by atomic mass is 10.3. The smallest absolute Gasteiger partial charge is 0.226 e. The summed E-state index contributed by atoms with van der Waals surface area (Å²) < 4.78 is 7.13. The second-order valence-corrected chi connectivity index (χ2v) is 4.23. The number of aryl methyl sites for hydroxylation is 1. The fraction of sp³-hybridized carbons (Fsp3) is 0.286. The molecule has 0 saturated carbocycles. The topological polar surface area (TPSA) is 82.2 Å². The van der Waals surface area contributed by atoms with Gasteiger partial charge in [0.15, 0.2) is 0 Å². The Morgan fingerprint density at radius 3 is 3.05 bits per heavy atom. The number of benzene rings is 1. The number of carbonyl (C=O) groups is 1. The molecule has 2 aromatic rings. The molecule has 20 heavy (non-hydrogen) atoms. The van der Waals surface area contributed by atoms with Crippen LogP contribution in [0.3, 0.4) is 0 Å². The first-order chi connectivity index (χ1) is 9.78. The molecular weight excluding hydrogens is 256 g/mol. The number of anilines is 1. The Morgan fingerprint density at radius 1 is 1.40 bits per heavy atom. The number of aromatic nitrogens is 2. The molecule has 0 atom stereocenters. The van der Waals surface area contributed by atoms with Gasteiger partial charge in [0.1, 0.15) is 12.4 Å². The van der Waals surface area contributed by atoms with Crippen molar-refractivity contribution in [2.45, 2.75) is 13.0 Å². The number of hydrogen-bond donors (Lipinski definition) is 2. The minimum absolute atomic E-state index is 0.0588. The highest BCUT2D eigenvalue weighted by atomic mass is 16.5. The van der Waals surface area contributed by atoms with Gasteiger partial charge in [-0.15, -0.1) is 0 Å². The largest absolute Gasteiger partial charge is 0.492 e. The van der Waals surface area contributed by atoms with E-state index in [2.05, 4.69) is 10.4 Å². The van der Waals surface area contributed by atoms with Gasteiger partial charge in [0.25, 0.3) is 0 Å². The van der Waals surface area contributed by atoms with E-state index in [0.29, 0.717) is 37.6 Å². The lowest BCUT2D eigenvalue weighted by Gasteiger charge is -2.08. The molecule has 0 spiro atoms. The van der Waals surface area contributed by atoms with E-state index in [0.717, 1.165) is 0 Å². The third kappa shape index (κ3) is 4.40. The maximum atomic E-state index is 11.8. The fourth-order valence-corrected chi connectivity index (χ4v) is 1.71. The Balaban J connectivity index is 1.84. The van der Waals surface area contributed by atoms with E-state index >= 15 is 0 Å². The number of ether oxygens (including phenoxy) is 1. The number of rotatable bonds is 7. The number of hydrogen-bond acceptors (Lipinski definition) is 4. The van der Waals surface area contributed by atoms with Crippen LogP contribution < -0.4 is 15.8 Å². The number of nitrogens with zero attached hydrogens (tertiary/aromatic N) is 2. The normalized spacial score (nSPS) is 10.2. The molecule has 3 N–H and O–H groups in total. The van der Waals surface area contributed by atoms with Crippen LogP contribution in [0.15, 0.2) is 42.7 Å². The molecule has 1 aromatic heterocycles. The van der Waals surface area contributed by atoms with Gasteiger partial charge in [-0.25, -0.2) is 0 Å². The molecule has 0 radical (unpaired) electrons. The SMILES string of the molecule is NCCOc1cccc(NC(=O)CCn2cccn2)c1. The molecule has 1 aromatic carbocycles. The third-order valence-corrected chi connectivity index (χ3v) is 2.63. The molecule has 0 aliphatic rings. The lowest BCUT2D eigenvalue weighted by Crippen LogP contribution is -2.15. The summed E-state index contributed by atoms with van der Waals surface area (Å²) in [5.74, 6) is 0.636.